The van der Waals surface area contributed by atoms with E-state index in [1.165, 1.54) is 25.7 Å². The lowest BCUT2D eigenvalue weighted by atomic mass is 10.0. The lowest BCUT2D eigenvalue weighted by molar-refractivity contribution is 0.0908. The van der Waals surface area contributed by atoms with Gasteiger partial charge in [0, 0.05) is 13.2 Å². The van der Waals surface area contributed by atoms with Crippen molar-refractivity contribution in [2.45, 2.75) is 71.6 Å². The van der Waals surface area contributed by atoms with E-state index in [1.54, 1.807) is 0 Å². The number of hydrogen-bond donors (Lipinski definition) is 1. The molecule has 122 valence electrons. The zero-order valence-electron chi connectivity index (χ0n) is 13.1. The Bertz CT molecular complexity index is 301. The van der Waals surface area contributed by atoms with Crippen LogP contribution in [0.3, 0.4) is 0 Å². The predicted molar refractivity (Wildman–Crippen MR) is 83.6 cm³/mol. The van der Waals surface area contributed by atoms with Crippen molar-refractivity contribution < 1.29 is 17.7 Å². The van der Waals surface area contributed by atoms with Crippen molar-refractivity contribution in [3.63, 3.8) is 0 Å². The first-order chi connectivity index (χ1) is 9.49. The van der Waals surface area contributed by atoms with Crippen LogP contribution in [0.4, 0.5) is 0 Å². The normalized spacial score (nSPS) is 13.6. The van der Waals surface area contributed by atoms with Crippen molar-refractivity contribution in [2.24, 2.45) is 5.92 Å². The average molecular weight is 308 g/mol. The maximum Gasteiger partial charge on any atom is 0.264 e. The summed E-state index contributed by atoms with van der Waals surface area (Å²) in [7, 11) is -3.77. The molecule has 0 aromatic heterocycles. The van der Waals surface area contributed by atoms with Gasteiger partial charge in [0.25, 0.3) is 10.1 Å². The molecule has 4 nitrogen and oxygen atoms in total. The van der Waals surface area contributed by atoms with Crippen LogP contribution in [0, 0.1) is 5.92 Å². The zero-order valence-corrected chi connectivity index (χ0v) is 14.0. The largest absolute Gasteiger partial charge is 0.381 e. The molecule has 0 fully saturated rings. The Kier molecular flexibility index (Phi) is 12.5. The SMILES string of the molecule is CCCCC(CC)COCCCCCCCS(=O)(=O)O. The minimum Gasteiger partial charge on any atom is -0.381 e. The van der Waals surface area contributed by atoms with Gasteiger partial charge < -0.3 is 4.74 Å². The van der Waals surface area contributed by atoms with E-state index in [0.717, 1.165) is 38.9 Å². The molecular weight excluding hydrogens is 276 g/mol. The number of ether oxygens (including phenoxy) is 1. The fourth-order valence-electron chi connectivity index (χ4n) is 2.17. The molecular formula is C15H32O4S. The van der Waals surface area contributed by atoms with Crippen LogP contribution in [0.5, 0.6) is 0 Å². The van der Waals surface area contributed by atoms with E-state index < -0.39 is 10.1 Å². The first-order valence-corrected chi connectivity index (χ1v) is 9.63. The van der Waals surface area contributed by atoms with Gasteiger partial charge in [-0.05, 0) is 25.2 Å². The standard InChI is InChI=1S/C15H32O4S/c1-3-5-11-15(4-2)14-19-12-9-7-6-8-10-13-20(16,17)18/h15H,3-14H2,1-2H3,(H,16,17,18). The summed E-state index contributed by atoms with van der Waals surface area (Å²) in [6.45, 7) is 6.12. The molecule has 0 heterocycles. The van der Waals surface area contributed by atoms with Gasteiger partial charge in [-0.1, -0.05) is 52.4 Å². The van der Waals surface area contributed by atoms with Gasteiger partial charge in [-0.2, -0.15) is 8.42 Å². The van der Waals surface area contributed by atoms with E-state index in [9.17, 15) is 8.42 Å². The second kappa shape index (κ2) is 12.6. The molecule has 5 heteroatoms. The molecule has 0 bridgehead atoms. The van der Waals surface area contributed by atoms with Gasteiger partial charge >= 0.3 is 0 Å². The van der Waals surface area contributed by atoms with Gasteiger partial charge in [0.2, 0.25) is 0 Å². The van der Waals surface area contributed by atoms with E-state index in [2.05, 4.69) is 13.8 Å². The van der Waals surface area contributed by atoms with Gasteiger partial charge in [0.05, 0.1) is 5.75 Å². The van der Waals surface area contributed by atoms with Crippen LogP contribution >= 0.6 is 0 Å². The lowest BCUT2D eigenvalue weighted by Gasteiger charge is -2.14. The zero-order chi connectivity index (χ0) is 15.3. The second-order valence-corrected chi connectivity index (χ2v) is 7.12. The van der Waals surface area contributed by atoms with Gasteiger partial charge in [-0.25, -0.2) is 0 Å². The Morgan fingerprint density at radius 3 is 2.25 bits per heavy atom. The number of rotatable bonds is 14. The minimum absolute atomic E-state index is 0.112. The first kappa shape index (κ1) is 19.9. The molecule has 1 atom stereocenters. The molecule has 0 spiro atoms. The molecule has 0 aromatic carbocycles. The monoisotopic (exact) mass is 308 g/mol. The summed E-state index contributed by atoms with van der Waals surface area (Å²) in [5, 5.41) is 0. The summed E-state index contributed by atoms with van der Waals surface area (Å²) < 4.78 is 35.3. The van der Waals surface area contributed by atoms with Crippen molar-refractivity contribution in [1.82, 2.24) is 0 Å². The highest BCUT2D eigenvalue weighted by molar-refractivity contribution is 7.85. The summed E-state index contributed by atoms with van der Waals surface area (Å²) in [4.78, 5) is 0. The van der Waals surface area contributed by atoms with Crippen LogP contribution in [0.2, 0.25) is 0 Å². The van der Waals surface area contributed by atoms with Gasteiger partial charge in [-0.3, -0.25) is 4.55 Å². The molecule has 0 aliphatic rings. The third-order valence-electron chi connectivity index (χ3n) is 3.59. The van der Waals surface area contributed by atoms with Crippen LogP contribution in [-0.2, 0) is 14.9 Å². The van der Waals surface area contributed by atoms with E-state index in [1.807, 2.05) is 0 Å². The quantitative estimate of drug-likeness (QED) is 0.388. The molecule has 0 saturated heterocycles. The molecule has 1 unspecified atom stereocenters. The van der Waals surface area contributed by atoms with Crippen LogP contribution in [0.25, 0.3) is 0 Å². The molecule has 0 aliphatic carbocycles. The molecule has 0 rings (SSSR count). The highest BCUT2D eigenvalue weighted by atomic mass is 32.2. The van der Waals surface area contributed by atoms with E-state index >= 15 is 0 Å². The Morgan fingerprint density at radius 1 is 1.00 bits per heavy atom. The Balaban J connectivity index is 3.31. The number of unbranched alkanes of at least 4 members (excludes halogenated alkanes) is 5. The summed E-state index contributed by atoms with van der Waals surface area (Å²) in [6, 6.07) is 0. The van der Waals surface area contributed by atoms with Gasteiger partial charge in [-0.15, -0.1) is 0 Å². The minimum atomic E-state index is -3.77. The number of hydrogen-bond acceptors (Lipinski definition) is 3. The lowest BCUT2D eigenvalue weighted by Crippen LogP contribution is -2.09. The molecule has 0 radical (unpaired) electrons. The molecule has 1 N–H and O–H groups in total. The molecule has 0 amide bonds. The summed E-state index contributed by atoms with van der Waals surface area (Å²) >= 11 is 0. The smallest absolute Gasteiger partial charge is 0.264 e. The van der Waals surface area contributed by atoms with E-state index in [4.69, 9.17) is 9.29 Å². The van der Waals surface area contributed by atoms with Crippen LogP contribution in [0.15, 0.2) is 0 Å². The third kappa shape index (κ3) is 14.3. The fraction of sp³-hybridized carbons (Fsp3) is 1.00. The predicted octanol–water partition coefficient (Wildman–Crippen LogP) is 4.06. The van der Waals surface area contributed by atoms with Crippen molar-refractivity contribution in [3.8, 4) is 0 Å². The van der Waals surface area contributed by atoms with Gasteiger partial charge in [0.1, 0.15) is 0 Å². The molecule has 20 heavy (non-hydrogen) atoms. The average Bonchev–Trinajstić information content (AvgIpc) is 2.39. The second-order valence-electron chi connectivity index (χ2n) is 5.55. The highest BCUT2D eigenvalue weighted by Gasteiger charge is 2.05. The molecule has 0 aliphatic heterocycles. The summed E-state index contributed by atoms with van der Waals surface area (Å²) in [5.41, 5.74) is 0. The topological polar surface area (TPSA) is 63.6 Å². The van der Waals surface area contributed by atoms with Crippen molar-refractivity contribution in [1.29, 1.82) is 0 Å². The Labute approximate surface area is 125 Å². The highest BCUT2D eigenvalue weighted by Crippen LogP contribution is 2.13. The van der Waals surface area contributed by atoms with E-state index in [0.29, 0.717) is 12.3 Å². The maximum absolute atomic E-state index is 10.5. The van der Waals surface area contributed by atoms with Crippen LogP contribution < -0.4 is 0 Å². The Hall–Kier alpha value is -0.130. The first-order valence-electron chi connectivity index (χ1n) is 8.02. The van der Waals surface area contributed by atoms with Crippen LogP contribution in [-0.4, -0.2) is 31.9 Å². The van der Waals surface area contributed by atoms with Crippen molar-refractivity contribution >= 4 is 10.1 Å². The fourth-order valence-corrected chi connectivity index (χ4v) is 2.74. The van der Waals surface area contributed by atoms with Crippen LogP contribution in [0.1, 0.15) is 71.6 Å². The Morgan fingerprint density at radius 2 is 1.65 bits per heavy atom. The molecule has 0 saturated carbocycles. The third-order valence-corrected chi connectivity index (χ3v) is 4.39. The maximum atomic E-state index is 10.5. The van der Waals surface area contributed by atoms with E-state index in [-0.39, 0.29) is 5.75 Å². The molecule has 0 aromatic rings. The summed E-state index contributed by atoms with van der Waals surface area (Å²) in [5.74, 6) is 0.587. The van der Waals surface area contributed by atoms with Crippen molar-refractivity contribution in [2.75, 3.05) is 19.0 Å². The van der Waals surface area contributed by atoms with Gasteiger partial charge in [0.15, 0.2) is 0 Å². The van der Waals surface area contributed by atoms with Crippen molar-refractivity contribution in [3.05, 3.63) is 0 Å². The summed E-state index contributed by atoms with van der Waals surface area (Å²) in [6.07, 6.45) is 9.51.